The third kappa shape index (κ3) is 8.25. The van der Waals surface area contributed by atoms with Gasteiger partial charge in [0.1, 0.15) is 0 Å². The van der Waals surface area contributed by atoms with Gasteiger partial charge in [0, 0.05) is 39.3 Å². The van der Waals surface area contributed by atoms with Gasteiger partial charge in [-0.1, -0.05) is 78.4 Å². The Labute approximate surface area is 243 Å². The van der Waals surface area contributed by atoms with Crippen molar-refractivity contribution in [1.29, 1.82) is 0 Å². The topological polar surface area (TPSA) is 87.2 Å². The highest BCUT2D eigenvalue weighted by Gasteiger charge is 2.33. The molecule has 41 heavy (non-hydrogen) atoms. The molecule has 0 radical (unpaired) electrons. The average molecular weight is 578 g/mol. The van der Waals surface area contributed by atoms with Crippen LogP contribution >= 0.6 is 0 Å². The lowest BCUT2D eigenvalue weighted by atomic mass is 10.0. The first-order chi connectivity index (χ1) is 19.8. The number of benzene rings is 3. The number of piperidine rings is 1. The average Bonchev–Trinajstić information content (AvgIpc) is 2.99. The molecular weight excluding hydrogens is 538 g/mol. The summed E-state index contributed by atoms with van der Waals surface area (Å²) in [6.07, 6.45) is 1.60. The summed E-state index contributed by atoms with van der Waals surface area (Å²) in [6.45, 7) is 3.40. The molecule has 1 aliphatic heterocycles. The van der Waals surface area contributed by atoms with Gasteiger partial charge in [-0.05, 0) is 43.0 Å². The molecule has 0 aliphatic carbocycles. The van der Waals surface area contributed by atoms with Crippen LogP contribution in [0.2, 0.25) is 0 Å². The Bertz CT molecular complexity index is 1370. The van der Waals surface area contributed by atoms with Crippen LogP contribution in [-0.2, 0) is 37.3 Å². The van der Waals surface area contributed by atoms with Crippen LogP contribution in [0.3, 0.4) is 0 Å². The maximum atomic E-state index is 13.9. The van der Waals surface area contributed by atoms with Crippen molar-refractivity contribution in [2.45, 2.75) is 43.7 Å². The number of hydrogen-bond donors (Lipinski definition) is 0. The van der Waals surface area contributed by atoms with Crippen molar-refractivity contribution in [3.8, 4) is 0 Å². The van der Waals surface area contributed by atoms with Crippen LogP contribution in [0.15, 0.2) is 89.8 Å². The van der Waals surface area contributed by atoms with Crippen molar-refractivity contribution in [2.24, 2.45) is 0 Å². The fourth-order valence-corrected chi connectivity index (χ4v) is 6.48. The summed E-state index contributed by atoms with van der Waals surface area (Å²) in [6, 6.07) is 25.7. The number of likely N-dealkylation sites (tertiary alicyclic amines) is 1. The molecule has 0 bridgehead atoms. The van der Waals surface area contributed by atoms with Gasteiger partial charge in [0.25, 0.3) is 0 Å². The normalized spacial score (nSPS) is 14.3. The summed E-state index contributed by atoms with van der Waals surface area (Å²) in [7, 11) is -2.40. The highest BCUT2D eigenvalue weighted by Crippen LogP contribution is 2.22. The van der Waals surface area contributed by atoms with Crippen molar-refractivity contribution < 1.29 is 22.7 Å². The second-order valence-electron chi connectivity index (χ2n) is 10.4. The van der Waals surface area contributed by atoms with Gasteiger partial charge in [-0.3, -0.25) is 9.59 Å². The Balaban J connectivity index is 1.51. The highest BCUT2D eigenvalue weighted by molar-refractivity contribution is 7.89. The summed E-state index contributed by atoms with van der Waals surface area (Å²) in [4.78, 5) is 30.7. The zero-order valence-electron chi connectivity index (χ0n) is 23.8. The zero-order valence-corrected chi connectivity index (χ0v) is 24.6. The number of rotatable bonds is 12. The lowest BCUT2D eigenvalue weighted by Gasteiger charge is -2.39. The second-order valence-corrected chi connectivity index (χ2v) is 12.4. The summed E-state index contributed by atoms with van der Waals surface area (Å²) in [5.74, 6) is -0.194. The van der Waals surface area contributed by atoms with Crippen molar-refractivity contribution in [2.75, 3.05) is 39.9 Å². The molecule has 0 spiro atoms. The van der Waals surface area contributed by atoms with Crippen LogP contribution in [0.4, 0.5) is 0 Å². The monoisotopic (exact) mass is 577 g/mol. The first-order valence-corrected chi connectivity index (χ1v) is 15.4. The van der Waals surface area contributed by atoms with E-state index in [1.165, 1.54) is 23.5 Å². The molecule has 9 heteroatoms. The summed E-state index contributed by atoms with van der Waals surface area (Å²) in [5, 5.41) is 0. The molecule has 2 amide bonds. The molecule has 4 rings (SSSR count). The summed E-state index contributed by atoms with van der Waals surface area (Å²) in [5.41, 5.74) is 3.07. The minimum absolute atomic E-state index is 0.0598. The van der Waals surface area contributed by atoms with Crippen molar-refractivity contribution in [3.63, 3.8) is 0 Å². The van der Waals surface area contributed by atoms with Crippen LogP contribution in [0.25, 0.3) is 0 Å². The van der Waals surface area contributed by atoms with Crippen LogP contribution in [0.1, 0.15) is 29.5 Å². The number of nitrogens with zero attached hydrogens (tertiary/aromatic N) is 3. The maximum absolute atomic E-state index is 13.9. The maximum Gasteiger partial charge on any atom is 0.243 e. The van der Waals surface area contributed by atoms with E-state index in [0.717, 1.165) is 16.7 Å². The van der Waals surface area contributed by atoms with Gasteiger partial charge in [-0.25, -0.2) is 8.42 Å². The van der Waals surface area contributed by atoms with Gasteiger partial charge >= 0.3 is 0 Å². The molecule has 0 atom stereocenters. The molecular formula is C32H39N3O5S. The molecule has 0 N–H and O–H groups in total. The first kappa shape index (κ1) is 30.4. The van der Waals surface area contributed by atoms with E-state index in [0.29, 0.717) is 38.9 Å². The van der Waals surface area contributed by atoms with Crippen molar-refractivity contribution in [1.82, 2.24) is 14.1 Å². The van der Waals surface area contributed by atoms with E-state index in [-0.39, 0.29) is 42.4 Å². The number of aryl methyl sites for hydroxylation is 1. The Morgan fingerprint density at radius 1 is 0.878 bits per heavy atom. The van der Waals surface area contributed by atoms with Gasteiger partial charge in [0.15, 0.2) is 0 Å². The van der Waals surface area contributed by atoms with E-state index in [9.17, 15) is 18.0 Å². The molecule has 0 saturated carbocycles. The molecule has 1 saturated heterocycles. The third-order valence-electron chi connectivity index (χ3n) is 7.49. The molecule has 218 valence electrons. The minimum atomic E-state index is -3.91. The van der Waals surface area contributed by atoms with Gasteiger partial charge in [-0.15, -0.1) is 0 Å². The van der Waals surface area contributed by atoms with Gasteiger partial charge in [0.05, 0.1) is 24.5 Å². The van der Waals surface area contributed by atoms with E-state index in [1.54, 1.807) is 23.1 Å². The lowest BCUT2D eigenvalue weighted by molar-refractivity contribution is -0.137. The van der Waals surface area contributed by atoms with Crippen LogP contribution in [0, 0.1) is 6.92 Å². The fraction of sp³-hybridized carbons (Fsp3) is 0.375. The van der Waals surface area contributed by atoms with Crippen molar-refractivity contribution >= 4 is 21.8 Å². The van der Waals surface area contributed by atoms with Crippen LogP contribution in [-0.4, -0.2) is 80.3 Å². The number of ether oxygens (including phenoxy) is 1. The van der Waals surface area contributed by atoms with Crippen molar-refractivity contribution in [3.05, 3.63) is 102 Å². The Morgan fingerprint density at radius 3 is 2.10 bits per heavy atom. The zero-order chi connectivity index (χ0) is 29.2. The fourth-order valence-electron chi connectivity index (χ4n) is 5.08. The first-order valence-electron chi connectivity index (χ1n) is 14.0. The quantitative estimate of drug-likeness (QED) is 0.326. The van der Waals surface area contributed by atoms with Gasteiger partial charge < -0.3 is 14.5 Å². The van der Waals surface area contributed by atoms with Gasteiger partial charge in [0.2, 0.25) is 21.8 Å². The predicted octanol–water partition coefficient (Wildman–Crippen LogP) is 3.89. The Kier molecular flexibility index (Phi) is 10.7. The number of hydrogen-bond acceptors (Lipinski definition) is 5. The van der Waals surface area contributed by atoms with E-state index < -0.39 is 10.0 Å². The van der Waals surface area contributed by atoms with Crippen LogP contribution < -0.4 is 0 Å². The largest absolute Gasteiger partial charge is 0.383 e. The standard InChI is InChI=1S/C32H39N3O5S/c1-26-13-15-28(16-14-26)24-35(29-17-19-33(20-18-29)31(36)23-27-9-5-3-6-10-27)32(37)25-34(21-22-40-2)41(38,39)30-11-7-4-8-12-30/h3-16,29H,17-25H2,1-2H3. The van der Waals surface area contributed by atoms with Gasteiger partial charge in [-0.2, -0.15) is 4.31 Å². The molecule has 0 aromatic heterocycles. The van der Waals surface area contributed by atoms with E-state index in [4.69, 9.17) is 4.74 Å². The molecule has 3 aromatic carbocycles. The third-order valence-corrected chi connectivity index (χ3v) is 9.35. The molecule has 1 fully saturated rings. The van der Waals surface area contributed by atoms with E-state index in [2.05, 4.69) is 0 Å². The molecule has 1 heterocycles. The minimum Gasteiger partial charge on any atom is -0.383 e. The number of carbonyl (C=O) groups is 2. The molecule has 8 nitrogen and oxygen atoms in total. The molecule has 0 unspecified atom stereocenters. The van der Waals surface area contributed by atoms with E-state index >= 15 is 0 Å². The summed E-state index contributed by atoms with van der Waals surface area (Å²) < 4.78 is 33.4. The lowest BCUT2D eigenvalue weighted by Crippen LogP contribution is -2.51. The van der Waals surface area contributed by atoms with E-state index in [1.807, 2.05) is 66.4 Å². The second kappa shape index (κ2) is 14.4. The predicted molar refractivity (Wildman–Crippen MR) is 159 cm³/mol. The summed E-state index contributed by atoms with van der Waals surface area (Å²) >= 11 is 0. The number of amides is 2. The Hall–Kier alpha value is -3.53. The molecule has 1 aliphatic rings. The SMILES string of the molecule is COCCN(CC(=O)N(Cc1ccc(C)cc1)C1CCN(C(=O)Cc2ccccc2)CC1)S(=O)(=O)c1ccccc1. The number of carbonyl (C=O) groups excluding carboxylic acids is 2. The number of methoxy groups -OCH3 is 1. The number of sulfonamides is 1. The highest BCUT2D eigenvalue weighted by atomic mass is 32.2. The smallest absolute Gasteiger partial charge is 0.243 e. The molecule has 3 aromatic rings. The Morgan fingerprint density at radius 2 is 1.49 bits per heavy atom. The van der Waals surface area contributed by atoms with Crippen LogP contribution in [0.5, 0.6) is 0 Å².